The zero-order valence-corrected chi connectivity index (χ0v) is 11.9. The molecule has 1 saturated heterocycles. The molecule has 0 amide bonds. The van der Waals surface area contributed by atoms with Gasteiger partial charge in [0.05, 0.1) is 18.7 Å². The molecule has 106 valence electrons. The third-order valence-corrected chi connectivity index (χ3v) is 3.69. The van der Waals surface area contributed by atoms with Gasteiger partial charge in [0, 0.05) is 25.0 Å². The van der Waals surface area contributed by atoms with E-state index in [4.69, 9.17) is 9.72 Å². The predicted octanol–water partition coefficient (Wildman–Crippen LogP) is 2.18. The Morgan fingerprint density at radius 2 is 2.05 bits per heavy atom. The van der Waals surface area contributed by atoms with E-state index in [-0.39, 0.29) is 0 Å². The average Bonchev–Trinajstić information content (AvgIpc) is 2.53. The van der Waals surface area contributed by atoms with Gasteiger partial charge in [-0.25, -0.2) is 4.98 Å². The molecule has 0 saturated carbocycles. The topological polar surface area (TPSA) is 37.4 Å². The van der Waals surface area contributed by atoms with Crippen molar-refractivity contribution < 1.29 is 4.74 Å². The summed E-state index contributed by atoms with van der Waals surface area (Å²) in [6.45, 7) is 7.42. The van der Waals surface area contributed by atoms with Gasteiger partial charge in [-0.05, 0) is 24.2 Å². The Balaban J connectivity index is 1.99. The Morgan fingerprint density at radius 1 is 1.25 bits per heavy atom. The van der Waals surface area contributed by atoms with Crippen LogP contribution in [-0.2, 0) is 11.3 Å². The van der Waals surface area contributed by atoms with E-state index in [1.54, 1.807) is 0 Å². The first-order valence-electron chi connectivity index (χ1n) is 7.30. The molecule has 0 radical (unpaired) electrons. The summed E-state index contributed by atoms with van der Waals surface area (Å²) >= 11 is 0. The lowest BCUT2D eigenvalue weighted by atomic mass is 10.1. The minimum atomic E-state index is 0.789. The molecule has 4 nitrogen and oxygen atoms in total. The average molecular weight is 271 g/mol. The van der Waals surface area contributed by atoms with E-state index >= 15 is 0 Å². The number of hydrogen-bond acceptors (Lipinski definition) is 4. The Kier molecular flexibility index (Phi) is 4.14. The van der Waals surface area contributed by atoms with Gasteiger partial charge in [0.25, 0.3) is 0 Å². The van der Waals surface area contributed by atoms with Crippen LogP contribution in [0.1, 0.15) is 12.5 Å². The summed E-state index contributed by atoms with van der Waals surface area (Å²) in [6.07, 6.45) is 0. The van der Waals surface area contributed by atoms with Crippen LogP contribution in [0.3, 0.4) is 0 Å². The zero-order chi connectivity index (χ0) is 13.8. The summed E-state index contributed by atoms with van der Waals surface area (Å²) in [5.41, 5.74) is 2.39. The Labute approximate surface area is 119 Å². The Bertz CT molecular complexity index is 579. The van der Waals surface area contributed by atoms with Gasteiger partial charge in [-0.15, -0.1) is 0 Å². The molecular weight excluding hydrogens is 250 g/mol. The lowest BCUT2D eigenvalue weighted by molar-refractivity contribution is 0.122. The van der Waals surface area contributed by atoms with Crippen LogP contribution in [0.15, 0.2) is 30.3 Å². The van der Waals surface area contributed by atoms with Gasteiger partial charge in [0.2, 0.25) is 0 Å². The standard InChI is InChI=1S/C16H21N3O/c1-2-17-12-13-11-16(19-7-9-20-10-8-19)18-15-6-4-3-5-14(13)15/h3-6,11,17H,2,7-10,12H2,1H3. The van der Waals surface area contributed by atoms with E-state index in [0.717, 1.165) is 50.7 Å². The first kappa shape index (κ1) is 13.3. The number of rotatable bonds is 4. The number of para-hydroxylation sites is 1. The second kappa shape index (κ2) is 6.20. The lowest BCUT2D eigenvalue weighted by Gasteiger charge is -2.28. The first-order chi connectivity index (χ1) is 9.88. The van der Waals surface area contributed by atoms with Crippen molar-refractivity contribution in [2.45, 2.75) is 13.5 Å². The summed E-state index contributed by atoms with van der Waals surface area (Å²) in [7, 11) is 0. The minimum Gasteiger partial charge on any atom is -0.378 e. The summed E-state index contributed by atoms with van der Waals surface area (Å²) in [5.74, 6) is 1.07. The number of fused-ring (bicyclic) bond motifs is 1. The monoisotopic (exact) mass is 271 g/mol. The second-order valence-corrected chi connectivity index (χ2v) is 5.04. The summed E-state index contributed by atoms with van der Waals surface area (Å²) < 4.78 is 5.42. The molecule has 1 fully saturated rings. The van der Waals surface area contributed by atoms with Gasteiger partial charge >= 0.3 is 0 Å². The second-order valence-electron chi connectivity index (χ2n) is 5.04. The molecule has 1 aromatic heterocycles. The van der Waals surface area contributed by atoms with E-state index in [1.165, 1.54) is 10.9 Å². The molecule has 0 atom stereocenters. The molecular formula is C16H21N3O. The van der Waals surface area contributed by atoms with E-state index < -0.39 is 0 Å². The highest BCUT2D eigenvalue weighted by atomic mass is 16.5. The number of hydrogen-bond donors (Lipinski definition) is 1. The van der Waals surface area contributed by atoms with Gasteiger partial charge in [-0.2, -0.15) is 0 Å². The summed E-state index contributed by atoms with van der Waals surface area (Å²) in [4.78, 5) is 7.12. The van der Waals surface area contributed by atoms with Gasteiger partial charge in [0.1, 0.15) is 5.82 Å². The first-order valence-corrected chi connectivity index (χ1v) is 7.30. The van der Waals surface area contributed by atoms with Gasteiger partial charge in [-0.1, -0.05) is 25.1 Å². The van der Waals surface area contributed by atoms with Crippen LogP contribution in [0.2, 0.25) is 0 Å². The largest absolute Gasteiger partial charge is 0.378 e. The van der Waals surface area contributed by atoms with Crippen LogP contribution in [0, 0.1) is 0 Å². The van der Waals surface area contributed by atoms with E-state index in [0.29, 0.717) is 0 Å². The van der Waals surface area contributed by atoms with Crippen molar-refractivity contribution in [1.29, 1.82) is 0 Å². The van der Waals surface area contributed by atoms with Crippen molar-refractivity contribution in [2.75, 3.05) is 37.7 Å². The number of ether oxygens (including phenoxy) is 1. The van der Waals surface area contributed by atoms with Crippen LogP contribution in [0.4, 0.5) is 5.82 Å². The molecule has 0 aliphatic carbocycles. The van der Waals surface area contributed by atoms with Crippen LogP contribution < -0.4 is 10.2 Å². The third-order valence-electron chi connectivity index (χ3n) is 3.69. The van der Waals surface area contributed by atoms with Crippen molar-refractivity contribution in [3.63, 3.8) is 0 Å². The van der Waals surface area contributed by atoms with Gasteiger partial charge in [0.15, 0.2) is 0 Å². The smallest absolute Gasteiger partial charge is 0.129 e. The summed E-state index contributed by atoms with van der Waals surface area (Å²) in [5, 5.41) is 4.66. The minimum absolute atomic E-state index is 0.789. The Hall–Kier alpha value is -1.65. The molecule has 3 rings (SSSR count). The maximum absolute atomic E-state index is 5.42. The number of benzene rings is 1. The zero-order valence-electron chi connectivity index (χ0n) is 11.9. The van der Waals surface area contributed by atoms with Crippen molar-refractivity contribution in [3.8, 4) is 0 Å². The number of morpholine rings is 1. The normalized spacial score (nSPS) is 15.8. The van der Waals surface area contributed by atoms with E-state index in [9.17, 15) is 0 Å². The molecule has 1 aromatic carbocycles. The fraction of sp³-hybridized carbons (Fsp3) is 0.438. The SMILES string of the molecule is CCNCc1cc(N2CCOCC2)nc2ccccc12. The highest BCUT2D eigenvalue weighted by Crippen LogP contribution is 2.23. The molecule has 20 heavy (non-hydrogen) atoms. The number of nitrogens with zero attached hydrogens (tertiary/aromatic N) is 2. The van der Waals surface area contributed by atoms with Gasteiger partial charge < -0.3 is 15.0 Å². The molecule has 0 unspecified atom stereocenters. The van der Waals surface area contributed by atoms with Crippen molar-refractivity contribution in [3.05, 3.63) is 35.9 Å². The maximum Gasteiger partial charge on any atom is 0.129 e. The molecule has 1 aliphatic heterocycles. The number of nitrogens with one attached hydrogen (secondary N) is 1. The van der Waals surface area contributed by atoms with Crippen molar-refractivity contribution >= 4 is 16.7 Å². The number of aromatic nitrogens is 1. The fourth-order valence-corrected chi connectivity index (χ4v) is 2.59. The molecule has 0 spiro atoms. The van der Waals surface area contributed by atoms with Crippen LogP contribution in [0.25, 0.3) is 10.9 Å². The lowest BCUT2D eigenvalue weighted by Crippen LogP contribution is -2.36. The van der Waals surface area contributed by atoms with Gasteiger partial charge in [-0.3, -0.25) is 0 Å². The molecule has 2 heterocycles. The third kappa shape index (κ3) is 2.76. The fourth-order valence-electron chi connectivity index (χ4n) is 2.59. The molecule has 4 heteroatoms. The quantitative estimate of drug-likeness (QED) is 0.925. The van der Waals surface area contributed by atoms with E-state index in [2.05, 4.69) is 47.5 Å². The number of pyridine rings is 1. The maximum atomic E-state index is 5.42. The van der Waals surface area contributed by atoms with Crippen LogP contribution >= 0.6 is 0 Å². The van der Waals surface area contributed by atoms with Crippen molar-refractivity contribution in [1.82, 2.24) is 10.3 Å². The van der Waals surface area contributed by atoms with Crippen LogP contribution in [-0.4, -0.2) is 37.8 Å². The predicted molar refractivity (Wildman–Crippen MR) is 82.2 cm³/mol. The Morgan fingerprint density at radius 3 is 2.85 bits per heavy atom. The highest BCUT2D eigenvalue weighted by Gasteiger charge is 2.14. The van der Waals surface area contributed by atoms with E-state index in [1.807, 2.05) is 0 Å². The van der Waals surface area contributed by atoms with Crippen LogP contribution in [0.5, 0.6) is 0 Å². The molecule has 1 aliphatic rings. The molecule has 0 bridgehead atoms. The molecule has 1 N–H and O–H groups in total. The highest BCUT2D eigenvalue weighted by molar-refractivity contribution is 5.84. The summed E-state index contributed by atoms with van der Waals surface area (Å²) in [6, 6.07) is 10.6. The number of anilines is 1. The van der Waals surface area contributed by atoms with Crippen molar-refractivity contribution in [2.24, 2.45) is 0 Å². The molecule has 2 aromatic rings.